The van der Waals surface area contributed by atoms with E-state index in [-0.39, 0.29) is 6.61 Å². The van der Waals surface area contributed by atoms with Crippen LogP contribution < -0.4 is 0 Å². The van der Waals surface area contributed by atoms with Gasteiger partial charge in [-0.15, -0.1) is 0 Å². The maximum Gasteiger partial charge on any atom is 0.289 e. The maximum absolute atomic E-state index is 11.5. The molecule has 0 rings (SSSR count). The van der Waals surface area contributed by atoms with E-state index in [9.17, 15) is 16.8 Å². The van der Waals surface area contributed by atoms with Crippen molar-refractivity contribution in [1.82, 2.24) is 0 Å². The average molecular weight is 375 g/mol. The van der Waals surface area contributed by atoms with Gasteiger partial charge in [-0.05, 0) is 6.42 Å². The molecule has 0 aromatic rings. The second kappa shape index (κ2) is 12.2. The first kappa shape index (κ1) is 22.8. The Bertz CT molecular complexity index is 485. The van der Waals surface area contributed by atoms with E-state index in [0.29, 0.717) is 6.42 Å². The van der Waals surface area contributed by atoms with Gasteiger partial charge < -0.3 is 5.11 Å². The van der Waals surface area contributed by atoms with E-state index in [4.69, 9.17) is 9.66 Å². The van der Waals surface area contributed by atoms with Crippen molar-refractivity contribution >= 4 is 20.2 Å². The Hall–Kier alpha value is -0.220. The Morgan fingerprint density at radius 3 is 1.65 bits per heavy atom. The van der Waals surface area contributed by atoms with Crippen molar-refractivity contribution in [3.8, 4) is 0 Å². The summed E-state index contributed by atoms with van der Waals surface area (Å²) in [6, 6.07) is 0. The normalized spacial score (nSPS) is 14.0. The molecule has 7 nitrogen and oxygen atoms in total. The first-order valence-corrected chi connectivity index (χ1v) is 11.2. The number of aliphatic hydroxyl groups is 1. The van der Waals surface area contributed by atoms with Crippen LogP contribution in [0.2, 0.25) is 0 Å². The second-order valence-corrected chi connectivity index (χ2v) is 9.31. The summed E-state index contributed by atoms with van der Waals surface area (Å²) in [5, 5.41) is 8.78. The molecule has 0 heterocycles. The van der Waals surface area contributed by atoms with Crippen LogP contribution in [0.5, 0.6) is 0 Å². The topological polar surface area (TPSA) is 118 Å². The lowest BCUT2D eigenvalue weighted by Gasteiger charge is -2.12. The van der Waals surface area contributed by atoms with Gasteiger partial charge in [0.25, 0.3) is 20.2 Å². The molecule has 0 saturated carbocycles. The molecule has 9 heteroatoms. The molecule has 1 unspecified atom stereocenters. The highest BCUT2D eigenvalue weighted by atomic mass is 32.3. The minimum atomic E-state index is -4.90. The van der Waals surface area contributed by atoms with E-state index in [1.165, 1.54) is 32.1 Å². The number of rotatable bonds is 15. The van der Waals surface area contributed by atoms with Crippen LogP contribution in [0, 0.1) is 0 Å². The Morgan fingerprint density at radius 1 is 0.826 bits per heavy atom. The van der Waals surface area contributed by atoms with Crippen molar-refractivity contribution in [3.63, 3.8) is 0 Å². The molecule has 23 heavy (non-hydrogen) atoms. The highest BCUT2D eigenvalue weighted by Gasteiger charge is 2.37. The zero-order chi connectivity index (χ0) is 17.8. The fourth-order valence-electron chi connectivity index (χ4n) is 2.17. The van der Waals surface area contributed by atoms with Crippen LogP contribution in [0.25, 0.3) is 0 Å². The van der Waals surface area contributed by atoms with E-state index in [2.05, 4.69) is 11.1 Å². The third-order valence-electron chi connectivity index (χ3n) is 3.55. The van der Waals surface area contributed by atoms with Crippen LogP contribution in [0.15, 0.2) is 0 Å². The third kappa shape index (κ3) is 11.0. The number of hydrogen-bond donors (Lipinski definition) is 2. The fourth-order valence-corrected chi connectivity index (χ4v) is 4.41. The smallest absolute Gasteiger partial charge is 0.289 e. The molecular weight excluding hydrogens is 344 g/mol. The molecule has 2 N–H and O–H groups in total. The first-order chi connectivity index (χ1) is 10.8. The minimum absolute atomic E-state index is 0.148. The van der Waals surface area contributed by atoms with Crippen LogP contribution in [-0.2, 0) is 24.4 Å². The van der Waals surface area contributed by atoms with Gasteiger partial charge in [0.05, 0.1) is 13.2 Å². The summed E-state index contributed by atoms with van der Waals surface area (Å²) in [7, 11) is -9.43. The largest absolute Gasteiger partial charge is 0.394 e. The highest BCUT2D eigenvalue weighted by Crippen LogP contribution is 2.13. The highest BCUT2D eigenvalue weighted by molar-refractivity contribution is 8.04. The quantitative estimate of drug-likeness (QED) is 0.257. The fraction of sp³-hybridized carbons (Fsp3) is 1.00. The molecule has 0 aliphatic rings. The lowest BCUT2D eigenvalue weighted by molar-refractivity contribution is 0.273. The van der Waals surface area contributed by atoms with Crippen LogP contribution in [0.4, 0.5) is 0 Å². The van der Waals surface area contributed by atoms with Gasteiger partial charge in [-0.2, -0.15) is 16.8 Å². The Labute approximate surface area is 140 Å². The summed E-state index contributed by atoms with van der Waals surface area (Å²) in [5.41, 5.74) is 0. The minimum Gasteiger partial charge on any atom is -0.394 e. The summed E-state index contributed by atoms with van der Waals surface area (Å²) < 4.78 is 55.8. The Kier molecular flexibility index (Phi) is 12.1. The Balaban J connectivity index is 3.75. The van der Waals surface area contributed by atoms with Crippen LogP contribution in [0.3, 0.4) is 0 Å². The van der Waals surface area contributed by atoms with E-state index < -0.39 is 31.4 Å². The van der Waals surface area contributed by atoms with Crippen LogP contribution in [0.1, 0.15) is 71.1 Å². The Morgan fingerprint density at radius 2 is 1.26 bits per heavy atom. The van der Waals surface area contributed by atoms with Gasteiger partial charge in [0, 0.05) is 0 Å². The summed E-state index contributed by atoms with van der Waals surface area (Å²) in [6.45, 7) is 0.797. The standard InChI is InChI=1S/C14H30O7S2/c1-2-3-4-5-6-7-8-9-10-11-12-21-23(19,20)14(13-15)22(16,17)18/h14-15H,2-13H2,1H3,(H,16,17,18). The molecule has 0 aromatic heterocycles. The van der Waals surface area contributed by atoms with Crippen molar-refractivity contribution in [2.45, 2.75) is 75.7 Å². The van der Waals surface area contributed by atoms with Crippen LogP contribution >= 0.6 is 0 Å². The lowest BCUT2D eigenvalue weighted by atomic mass is 10.1. The molecule has 0 fully saturated rings. The summed E-state index contributed by atoms with van der Waals surface area (Å²) in [6.07, 6.45) is 10.8. The molecule has 0 aliphatic heterocycles. The number of hydrogen-bond acceptors (Lipinski definition) is 6. The van der Waals surface area contributed by atoms with Gasteiger partial charge in [0.2, 0.25) is 4.58 Å². The monoisotopic (exact) mass is 374 g/mol. The van der Waals surface area contributed by atoms with Gasteiger partial charge in [-0.1, -0.05) is 64.7 Å². The molecule has 0 amide bonds. The first-order valence-electron chi connectivity index (χ1n) is 8.21. The molecule has 0 saturated heterocycles. The van der Waals surface area contributed by atoms with E-state index in [0.717, 1.165) is 25.7 Å². The van der Waals surface area contributed by atoms with E-state index in [1.807, 2.05) is 0 Å². The summed E-state index contributed by atoms with van der Waals surface area (Å²) in [4.78, 5) is 0. The molecule has 140 valence electrons. The van der Waals surface area contributed by atoms with Crippen molar-refractivity contribution in [2.24, 2.45) is 0 Å². The van der Waals surface area contributed by atoms with Crippen molar-refractivity contribution in [2.75, 3.05) is 13.2 Å². The molecule has 0 radical (unpaired) electrons. The van der Waals surface area contributed by atoms with Crippen LogP contribution in [-0.4, -0.2) is 44.3 Å². The maximum atomic E-state index is 11.5. The van der Waals surface area contributed by atoms with Gasteiger partial charge >= 0.3 is 0 Å². The number of aliphatic hydroxyl groups excluding tert-OH is 1. The second-order valence-electron chi connectivity index (χ2n) is 5.62. The molecule has 1 atom stereocenters. The predicted molar refractivity (Wildman–Crippen MR) is 89.1 cm³/mol. The van der Waals surface area contributed by atoms with Crippen molar-refractivity contribution < 1.29 is 30.7 Å². The third-order valence-corrected chi connectivity index (χ3v) is 7.09. The van der Waals surface area contributed by atoms with E-state index >= 15 is 0 Å². The van der Waals surface area contributed by atoms with E-state index in [1.54, 1.807) is 0 Å². The zero-order valence-corrected chi connectivity index (χ0v) is 15.4. The van der Waals surface area contributed by atoms with Crippen molar-refractivity contribution in [3.05, 3.63) is 0 Å². The zero-order valence-electron chi connectivity index (χ0n) is 13.8. The molecule has 0 aliphatic carbocycles. The van der Waals surface area contributed by atoms with Gasteiger partial charge in [0.15, 0.2) is 0 Å². The average Bonchev–Trinajstić information content (AvgIpc) is 2.43. The molecule has 0 aromatic carbocycles. The predicted octanol–water partition coefficient (Wildman–Crippen LogP) is 2.46. The molecular formula is C14H30O7S2. The molecule has 0 bridgehead atoms. The summed E-state index contributed by atoms with van der Waals surface area (Å²) >= 11 is 0. The van der Waals surface area contributed by atoms with Gasteiger partial charge in [0.1, 0.15) is 0 Å². The SMILES string of the molecule is CCCCCCCCCCCCOS(=O)(=O)C(CO)S(=O)(=O)O. The van der Waals surface area contributed by atoms with Gasteiger partial charge in [-0.25, -0.2) is 0 Å². The lowest BCUT2D eigenvalue weighted by Crippen LogP contribution is -2.34. The summed E-state index contributed by atoms with van der Waals surface area (Å²) in [5.74, 6) is 0. The number of unbranched alkanes of at least 4 members (excludes halogenated alkanes) is 9. The van der Waals surface area contributed by atoms with Gasteiger partial charge in [-0.3, -0.25) is 8.74 Å². The molecule has 0 spiro atoms. The van der Waals surface area contributed by atoms with Crippen molar-refractivity contribution in [1.29, 1.82) is 0 Å².